The number of hydrogen-bond donors (Lipinski definition) is 0. The van der Waals surface area contributed by atoms with Gasteiger partial charge in [0.05, 0.1) is 6.04 Å². The Balaban J connectivity index is 1.60. The SMILES string of the molecule is Cc1nc([C@H]2CCCN2C(=O)c2ccc3c(c2)OCCO3)no1. The number of rotatable bonds is 2. The molecular weight excluding hydrogens is 298 g/mol. The first-order chi connectivity index (χ1) is 11.2. The summed E-state index contributed by atoms with van der Waals surface area (Å²) in [7, 11) is 0. The molecule has 3 heterocycles. The van der Waals surface area contributed by atoms with Crippen molar-refractivity contribution in [1.82, 2.24) is 15.0 Å². The van der Waals surface area contributed by atoms with Crippen molar-refractivity contribution in [2.24, 2.45) is 0 Å². The number of amides is 1. The van der Waals surface area contributed by atoms with Crippen LogP contribution in [0.1, 0.15) is 41.0 Å². The van der Waals surface area contributed by atoms with Crippen LogP contribution in [0.25, 0.3) is 0 Å². The molecule has 7 heteroatoms. The van der Waals surface area contributed by atoms with Crippen molar-refractivity contribution in [2.75, 3.05) is 19.8 Å². The number of carbonyl (C=O) groups excluding carboxylic acids is 1. The lowest BCUT2D eigenvalue weighted by molar-refractivity contribution is 0.0727. The topological polar surface area (TPSA) is 77.7 Å². The number of aromatic nitrogens is 2. The molecule has 1 aromatic heterocycles. The number of fused-ring (bicyclic) bond motifs is 1. The van der Waals surface area contributed by atoms with Gasteiger partial charge >= 0.3 is 0 Å². The second-order valence-electron chi connectivity index (χ2n) is 5.69. The zero-order chi connectivity index (χ0) is 15.8. The first kappa shape index (κ1) is 14.0. The van der Waals surface area contributed by atoms with Gasteiger partial charge in [0, 0.05) is 19.0 Å². The van der Waals surface area contributed by atoms with Gasteiger partial charge in [-0.25, -0.2) is 0 Å². The highest BCUT2D eigenvalue weighted by Gasteiger charge is 2.34. The maximum Gasteiger partial charge on any atom is 0.254 e. The fraction of sp³-hybridized carbons (Fsp3) is 0.438. The van der Waals surface area contributed by atoms with E-state index in [1.165, 1.54) is 0 Å². The summed E-state index contributed by atoms with van der Waals surface area (Å²) in [5, 5.41) is 3.97. The summed E-state index contributed by atoms with van der Waals surface area (Å²) in [6.07, 6.45) is 1.77. The smallest absolute Gasteiger partial charge is 0.254 e. The first-order valence-electron chi connectivity index (χ1n) is 7.73. The third-order valence-corrected chi connectivity index (χ3v) is 4.14. The molecule has 2 aliphatic rings. The molecule has 7 nitrogen and oxygen atoms in total. The summed E-state index contributed by atoms with van der Waals surface area (Å²) in [5.74, 6) is 2.34. The van der Waals surface area contributed by atoms with Crippen LogP contribution >= 0.6 is 0 Å². The molecule has 2 aromatic rings. The molecule has 120 valence electrons. The fourth-order valence-electron chi connectivity index (χ4n) is 3.07. The summed E-state index contributed by atoms with van der Waals surface area (Å²) in [4.78, 5) is 18.9. The number of aryl methyl sites for hydroxylation is 1. The third kappa shape index (κ3) is 2.52. The molecule has 0 N–H and O–H groups in total. The maximum atomic E-state index is 12.9. The van der Waals surface area contributed by atoms with Gasteiger partial charge in [0.1, 0.15) is 13.2 Å². The molecule has 1 saturated heterocycles. The van der Waals surface area contributed by atoms with Crippen molar-refractivity contribution in [3.05, 3.63) is 35.5 Å². The summed E-state index contributed by atoms with van der Waals surface area (Å²) < 4.78 is 16.1. The maximum absolute atomic E-state index is 12.9. The molecule has 1 atom stereocenters. The average Bonchev–Trinajstić information content (AvgIpc) is 3.22. The quantitative estimate of drug-likeness (QED) is 0.845. The number of hydrogen-bond acceptors (Lipinski definition) is 6. The van der Waals surface area contributed by atoms with Gasteiger partial charge in [0.2, 0.25) is 5.89 Å². The minimum atomic E-state index is -0.131. The van der Waals surface area contributed by atoms with E-state index >= 15 is 0 Å². The van der Waals surface area contributed by atoms with E-state index in [2.05, 4.69) is 10.1 Å². The molecule has 0 aliphatic carbocycles. The van der Waals surface area contributed by atoms with Crippen LogP contribution in [0, 0.1) is 6.92 Å². The van der Waals surface area contributed by atoms with Crippen molar-refractivity contribution in [3.8, 4) is 11.5 Å². The van der Waals surface area contributed by atoms with Crippen LogP contribution in [0.3, 0.4) is 0 Å². The Morgan fingerprint density at radius 1 is 1.26 bits per heavy atom. The Hall–Kier alpha value is -2.57. The molecule has 0 bridgehead atoms. The molecule has 23 heavy (non-hydrogen) atoms. The van der Waals surface area contributed by atoms with Gasteiger partial charge < -0.3 is 18.9 Å². The molecule has 2 aliphatic heterocycles. The third-order valence-electron chi connectivity index (χ3n) is 4.14. The Labute approximate surface area is 133 Å². The molecule has 1 aromatic carbocycles. The van der Waals surface area contributed by atoms with Gasteiger partial charge in [-0.05, 0) is 31.0 Å². The summed E-state index contributed by atoms with van der Waals surface area (Å²) in [6.45, 7) is 3.47. The van der Waals surface area contributed by atoms with Crippen molar-refractivity contribution in [3.63, 3.8) is 0 Å². The van der Waals surface area contributed by atoms with E-state index in [9.17, 15) is 4.79 Å². The lowest BCUT2D eigenvalue weighted by Crippen LogP contribution is -2.31. The van der Waals surface area contributed by atoms with Gasteiger partial charge in [-0.1, -0.05) is 5.16 Å². The van der Waals surface area contributed by atoms with Crippen LogP contribution in [0.2, 0.25) is 0 Å². The van der Waals surface area contributed by atoms with E-state index in [1.807, 2.05) is 0 Å². The molecule has 0 unspecified atom stereocenters. The van der Waals surface area contributed by atoms with Crippen LogP contribution in [0.4, 0.5) is 0 Å². The summed E-state index contributed by atoms with van der Waals surface area (Å²) in [5.41, 5.74) is 0.585. The van der Waals surface area contributed by atoms with E-state index in [4.69, 9.17) is 14.0 Å². The van der Waals surface area contributed by atoms with Gasteiger partial charge in [0.15, 0.2) is 17.3 Å². The van der Waals surface area contributed by atoms with Crippen LogP contribution in [0.5, 0.6) is 11.5 Å². The van der Waals surface area contributed by atoms with Crippen molar-refractivity contribution >= 4 is 5.91 Å². The highest BCUT2D eigenvalue weighted by atomic mass is 16.6. The highest BCUT2D eigenvalue weighted by molar-refractivity contribution is 5.95. The minimum Gasteiger partial charge on any atom is -0.486 e. The normalized spacial score (nSPS) is 19.9. The predicted molar refractivity (Wildman–Crippen MR) is 79.5 cm³/mol. The average molecular weight is 315 g/mol. The van der Waals surface area contributed by atoms with E-state index in [-0.39, 0.29) is 11.9 Å². The second kappa shape index (κ2) is 5.57. The Bertz CT molecular complexity index is 743. The molecule has 4 rings (SSSR count). The molecule has 1 amide bonds. The molecular formula is C16H17N3O4. The zero-order valence-electron chi connectivity index (χ0n) is 12.8. The summed E-state index contributed by atoms with van der Waals surface area (Å²) in [6, 6.07) is 5.17. The van der Waals surface area contributed by atoms with E-state index in [0.29, 0.717) is 48.5 Å². The van der Waals surface area contributed by atoms with Crippen LogP contribution in [-0.4, -0.2) is 40.7 Å². The van der Waals surface area contributed by atoms with Crippen LogP contribution in [0.15, 0.2) is 22.7 Å². The first-order valence-corrected chi connectivity index (χ1v) is 7.73. The highest BCUT2D eigenvalue weighted by Crippen LogP contribution is 2.34. The number of ether oxygens (including phenoxy) is 2. The van der Waals surface area contributed by atoms with E-state index in [1.54, 1.807) is 30.0 Å². The number of benzene rings is 1. The van der Waals surface area contributed by atoms with Gasteiger partial charge in [-0.2, -0.15) is 4.98 Å². The van der Waals surface area contributed by atoms with Gasteiger partial charge in [-0.15, -0.1) is 0 Å². The van der Waals surface area contributed by atoms with E-state index in [0.717, 1.165) is 12.8 Å². The Morgan fingerprint density at radius 3 is 2.87 bits per heavy atom. The molecule has 0 radical (unpaired) electrons. The van der Waals surface area contributed by atoms with Crippen molar-refractivity contribution in [2.45, 2.75) is 25.8 Å². The van der Waals surface area contributed by atoms with Crippen LogP contribution < -0.4 is 9.47 Å². The molecule has 0 spiro atoms. The predicted octanol–water partition coefficient (Wildman–Crippen LogP) is 2.13. The Kier molecular flexibility index (Phi) is 3.40. The van der Waals surface area contributed by atoms with E-state index < -0.39 is 0 Å². The standard InChI is InChI=1S/C16H17N3O4/c1-10-17-15(18-23-10)12-3-2-6-19(12)16(20)11-4-5-13-14(9-11)22-8-7-21-13/h4-5,9,12H,2-3,6-8H2,1H3/t12-/m1/s1. The van der Waals surface area contributed by atoms with Crippen molar-refractivity contribution in [1.29, 1.82) is 0 Å². The largest absolute Gasteiger partial charge is 0.486 e. The number of nitrogens with zero attached hydrogens (tertiary/aromatic N) is 3. The lowest BCUT2D eigenvalue weighted by Gasteiger charge is -2.23. The number of likely N-dealkylation sites (tertiary alicyclic amines) is 1. The minimum absolute atomic E-state index is 0.0491. The molecule has 0 saturated carbocycles. The zero-order valence-corrected chi connectivity index (χ0v) is 12.8. The lowest BCUT2D eigenvalue weighted by atomic mass is 10.1. The Morgan fingerprint density at radius 2 is 2.09 bits per heavy atom. The fourth-order valence-corrected chi connectivity index (χ4v) is 3.07. The van der Waals surface area contributed by atoms with Crippen molar-refractivity contribution < 1.29 is 18.8 Å². The van der Waals surface area contributed by atoms with Gasteiger partial charge in [-0.3, -0.25) is 4.79 Å². The summed E-state index contributed by atoms with van der Waals surface area (Å²) >= 11 is 0. The van der Waals surface area contributed by atoms with Gasteiger partial charge in [0.25, 0.3) is 5.91 Å². The molecule has 1 fully saturated rings. The second-order valence-corrected chi connectivity index (χ2v) is 5.69. The monoisotopic (exact) mass is 315 g/mol. The number of carbonyl (C=O) groups is 1. The van der Waals surface area contributed by atoms with Crippen LogP contribution in [-0.2, 0) is 0 Å².